The van der Waals surface area contributed by atoms with Crippen molar-refractivity contribution in [2.75, 3.05) is 11.5 Å². The highest BCUT2D eigenvalue weighted by molar-refractivity contribution is 7.80. The number of fused-ring (bicyclic) bond motifs is 5. The average molecular weight is 228 g/mol. The van der Waals surface area contributed by atoms with Gasteiger partial charge in [-0.05, 0) is 72.7 Å². The second kappa shape index (κ2) is 3.62. The molecule has 5 unspecified atom stereocenters. The Hall–Kier alpha value is 0.700. The van der Waals surface area contributed by atoms with Crippen LogP contribution in [-0.4, -0.2) is 11.5 Å². The number of thiol groups is 2. The van der Waals surface area contributed by atoms with Crippen molar-refractivity contribution in [3.05, 3.63) is 0 Å². The lowest BCUT2D eigenvalue weighted by molar-refractivity contribution is 0.204. The zero-order valence-electron chi connectivity index (χ0n) is 8.60. The summed E-state index contributed by atoms with van der Waals surface area (Å²) in [5.74, 6) is 8.45. The molecule has 3 aliphatic rings. The van der Waals surface area contributed by atoms with Crippen LogP contribution in [0.4, 0.5) is 0 Å². The summed E-state index contributed by atoms with van der Waals surface area (Å²) < 4.78 is 0. The largest absolute Gasteiger partial charge is 0.179 e. The van der Waals surface area contributed by atoms with E-state index in [1.807, 2.05) is 0 Å². The zero-order chi connectivity index (χ0) is 9.71. The molecule has 0 amide bonds. The summed E-state index contributed by atoms with van der Waals surface area (Å²) in [5, 5.41) is 0. The number of hydrogen-bond acceptors (Lipinski definition) is 2. The van der Waals surface area contributed by atoms with Crippen molar-refractivity contribution in [2.45, 2.75) is 25.7 Å². The van der Waals surface area contributed by atoms with Gasteiger partial charge < -0.3 is 0 Å². The predicted octanol–water partition coefficient (Wildman–Crippen LogP) is 3.14. The Morgan fingerprint density at radius 1 is 0.786 bits per heavy atom. The Bertz CT molecular complexity index is 226. The molecular formula is C12H20S2. The molecular weight excluding hydrogens is 208 g/mol. The maximum Gasteiger partial charge on any atom is -0.00666 e. The first-order valence-electron chi connectivity index (χ1n) is 6.05. The van der Waals surface area contributed by atoms with Gasteiger partial charge in [0.1, 0.15) is 0 Å². The Balaban J connectivity index is 1.75. The first-order chi connectivity index (χ1) is 6.83. The molecule has 0 radical (unpaired) electrons. The van der Waals surface area contributed by atoms with Gasteiger partial charge >= 0.3 is 0 Å². The van der Waals surface area contributed by atoms with E-state index in [-0.39, 0.29) is 0 Å². The number of rotatable bonds is 2. The van der Waals surface area contributed by atoms with E-state index in [1.54, 1.807) is 6.42 Å². The minimum Gasteiger partial charge on any atom is -0.179 e. The lowest BCUT2D eigenvalue weighted by Crippen LogP contribution is -2.25. The minimum absolute atomic E-state index is 0.942. The Kier molecular flexibility index (Phi) is 2.56. The van der Waals surface area contributed by atoms with Crippen LogP contribution in [0.15, 0.2) is 0 Å². The van der Waals surface area contributed by atoms with E-state index in [4.69, 9.17) is 0 Å². The molecule has 0 saturated heterocycles. The molecule has 2 heteroatoms. The van der Waals surface area contributed by atoms with Crippen LogP contribution in [0.3, 0.4) is 0 Å². The van der Waals surface area contributed by atoms with Crippen LogP contribution in [0.5, 0.6) is 0 Å². The first-order valence-corrected chi connectivity index (χ1v) is 7.31. The molecule has 0 aromatic carbocycles. The van der Waals surface area contributed by atoms with Gasteiger partial charge in [-0.15, -0.1) is 0 Å². The van der Waals surface area contributed by atoms with E-state index in [0.717, 1.165) is 47.0 Å². The highest BCUT2D eigenvalue weighted by Gasteiger charge is 2.54. The standard InChI is InChI=1S/C12H20S2/c13-5-7-1-10-8-3-9(6-14)11(4-8)12(10)2-7/h7-14H,1-6H2/t7?,8?,9?,10?,11-,12?/m1/s1. The third-order valence-electron chi connectivity index (χ3n) is 5.20. The van der Waals surface area contributed by atoms with E-state index < -0.39 is 0 Å². The lowest BCUT2D eigenvalue weighted by Gasteiger charge is -2.30. The normalized spacial score (nSPS) is 55.3. The van der Waals surface area contributed by atoms with Crippen molar-refractivity contribution in [1.29, 1.82) is 0 Å². The Labute approximate surface area is 98.0 Å². The van der Waals surface area contributed by atoms with Gasteiger partial charge in [-0.2, -0.15) is 25.3 Å². The maximum absolute atomic E-state index is 4.51. The van der Waals surface area contributed by atoms with Crippen LogP contribution in [0.1, 0.15) is 25.7 Å². The summed E-state index contributed by atoms with van der Waals surface area (Å²) in [5.41, 5.74) is 0. The molecule has 0 aromatic rings. The fourth-order valence-electron chi connectivity index (χ4n) is 4.68. The predicted molar refractivity (Wildman–Crippen MR) is 67.1 cm³/mol. The fraction of sp³-hybridized carbons (Fsp3) is 1.00. The number of hydrogen-bond donors (Lipinski definition) is 2. The van der Waals surface area contributed by atoms with Crippen LogP contribution in [0.25, 0.3) is 0 Å². The van der Waals surface area contributed by atoms with Gasteiger partial charge in [-0.3, -0.25) is 0 Å². The summed E-state index contributed by atoms with van der Waals surface area (Å²) in [6.07, 6.45) is 6.02. The third kappa shape index (κ3) is 1.29. The average Bonchev–Trinajstić information content (AvgIpc) is 2.87. The van der Waals surface area contributed by atoms with Gasteiger partial charge in [0.25, 0.3) is 0 Å². The SMILES string of the molecule is SCC1CC2C3CC(CS)[C@@H](C3)C2C1. The molecule has 3 saturated carbocycles. The first kappa shape index (κ1) is 9.89. The maximum atomic E-state index is 4.51. The summed E-state index contributed by atoms with van der Waals surface area (Å²) in [6, 6.07) is 0. The van der Waals surface area contributed by atoms with Gasteiger partial charge in [-0.25, -0.2) is 0 Å². The van der Waals surface area contributed by atoms with Crippen molar-refractivity contribution < 1.29 is 0 Å². The monoisotopic (exact) mass is 228 g/mol. The second-order valence-corrected chi connectivity index (χ2v) is 6.42. The van der Waals surface area contributed by atoms with E-state index in [2.05, 4.69) is 25.3 Å². The highest BCUT2D eigenvalue weighted by atomic mass is 32.1. The molecule has 0 aromatic heterocycles. The minimum atomic E-state index is 0.942. The third-order valence-corrected chi connectivity index (χ3v) is 6.18. The van der Waals surface area contributed by atoms with Crippen molar-refractivity contribution in [3.63, 3.8) is 0 Å². The van der Waals surface area contributed by atoms with E-state index in [1.165, 1.54) is 19.3 Å². The fourth-order valence-corrected chi connectivity index (χ4v) is 5.40. The zero-order valence-corrected chi connectivity index (χ0v) is 10.4. The molecule has 0 nitrogen and oxygen atoms in total. The second-order valence-electron chi connectivity index (χ2n) is 5.69. The van der Waals surface area contributed by atoms with Crippen molar-refractivity contribution >= 4 is 25.3 Å². The molecule has 0 N–H and O–H groups in total. The lowest BCUT2D eigenvalue weighted by atomic mass is 9.76. The Morgan fingerprint density at radius 2 is 1.57 bits per heavy atom. The molecule has 0 aliphatic heterocycles. The van der Waals surface area contributed by atoms with Crippen LogP contribution in [0.2, 0.25) is 0 Å². The molecule has 0 heterocycles. The smallest absolute Gasteiger partial charge is 0.00666 e. The van der Waals surface area contributed by atoms with Crippen LogP contribution in [-0.2, 0) is 0 Å². The topological polar surface area (TPSA) is 0 Å². The van der Waals surface area contributed by atoms with Crippen LogP contribution >= 0.6 is 25.3 Å². The van der Waals surface area contributed by atoms with E-state index >= 15 is 0 Å². The molecule has 2 bridgehead atoms. The summed E-state index contributed by atoms with van der Waals surface area (Å²) >= 11 is 8.98. The highest BCUT2D eigenvalue weighted by Crippen LogP contribution is 2.62. The van der Waals surface area contributed by atoms with Gasteiger partial charge in [-0.1, -0.05) is 0 Å². The van der Waals surface area contributed by atoms with Gasteiger partial charge in [0.05, 0.1) is 0 Å². The van der Waals surface area contributed by atoms with Crippen molar-refractivity contribution in [3.8, 4) is 0 Å². The van der Waals surface area contributed by atoms with Gasteiger partial charge in [0.15, 0.2) is 0 Å². The molecule has 0 spiro atoms. The van der Waals surface area contributed by atoms with Gasteiger partial charge in [0, 0.05) is 0 Å². The van der Waals surface area contributed by atoms with Crippen molar-refractivity contribution in [2.24, 2.45) is 35.5 Å². The molecule has 3 rings (SSSR count). The molecule has 6 atom stereocenters. The molecule has 80 valence electrons. The Morgan fingerprint density at radius 3 is 2.29 bits per heavy atom. The van der Waals surface area contributed by atoms with E-state index in [9.17, 15) is 0 Å². The summed E-state index contributed by atoms with van der Waals surface area (Å²) in [4.78, 5) is 0. The van der Waals surface area contributed by atoms with Crippen molar-refractivity contribution in [1.82, 2.24) is 0 Å². The molecule has 3 fully saturated rings. The molecule has 3 aliphatic carbocycles. The molecule has 14 heavy (non-hydrogen) atoms. The summed E-state index contributed by atoms with van der Waals surface area (Å²) in [7, 11) is 0. The summed E-state index contributed by atoms with van der Waals surface area (Å²) in [6.45, 7) is 0. The van der Waals surface area contributed by atoms with Crippen LogP contribution in [0, 0.1) is 35.5 Å². The van der Waals surface area contributed by atoms with Gasteiger partial charge in [0.2, 0.25) is 0 Å². The quantitative estimate of drug-likeness (QED) is 0.667. The van der Waals surface area contributed by atoms with Crippen LogP contribution < -0.4 is 0 Å². The van der Waals surface area contributed by atoms with E-state index in [0.29, 0.717) is 0 Å².